The first-order valence-electron chi connectivity index (χ1n) is 8.77. The zero-order valence-electron chi connectivity index (χ0n) is 14.6. The number of amides is 2. The highest BCUT2D eigenvalue weighted by Crippen LogP contribution is 2.40. The van der Waals surface area contributed by atoms with Gasteiger partial charge >= 0.3 is 5.97 Å². The molecule has 2 heterocycles. The molecule has 0 aliphatic carbocycles. The minimum Gasteiger partial charge on any atom is -0.480 e. The maximum Gasteiger partial charge on any atom is 0.317 e. The van der Waals surface area contributed by atoms with E-state index in [1.165, 1.54) is 4.90 Å². The molecule has 2 unspecified atom stereocenters. The van der Waals surface area contributed by atoms with Crippen molar-refractivity contribution in [3.8, 4) is 0 Å². The summed E-state index contributed by atoms with van der Waals surface area (Å²) in [5.74, 6) is -5.82. The molecular weight excluding hydrogens is 360 g/mol. The van der Waals surface area contributed by atoms with Crippen molar-refractivity contribution in [1.29, 1.82) is 0 Å². The lowest BCUT2D eigenvalue weighted by Gasteiger charge is -2.38. The highest BCUT2D eigenvalue weighted by Gasteiger charge is 2.45. The van der Waals surface area contributed by atoms with Crippen molar-refractivity contribution < 1.29 is 28.3 Å². The normalized spacial score (nSPS) is 25.7. The highest BCUT2D eigenvalue weighted by atomic mass is 19.3. The summed E-state index contributed by atoms with van der Waals surface area (Å²) in [5, 5.41) is 14.0. The SMILES string of the molecule is O=C(O)CN1CCC(c2ccc(NC3CCC(=O)NC3=O)cc2)C(F)(F)C1. The van der Waals surface area contributed by atoms with Crippen LogP contribution < -0.4 is 10.6 Å². The van der Waals surface area contributed by atoms with Crippen molar-refractivity contribution in [2.75, 3.05) is 25.0 Å². The number of halogens is 2. The Bertz CT molecular complexity index is 739. The number of hydrogen-bond donors (Lipinski definition) is 3. The number of alkyl halides is 2. The summed E-state index contributed by atoms with van der Waals surface area (Å²) >= 11 is 0. The van der Waals surface area contributed by atoms with E-state index in [0.717, 1.165) is 0 Å². The fourth-order valence-corrected chi connectivity index (χ4v) is 3.59. The lowest BCUT2D eigenvalue weighted by molar-refractivity contribution is -0.142. The number of carboxylic acids is 1. The molecule has 3 N–H and O–H groups in total. The third-order valence-electron chi connectivity index (χ3n) is 4.93. The van der Waals surface area contributed by atoms with Crippen LogP contribution in [0.15, 0.2) is 24.3 Å². The molecule has 2 aliphatic rings. The van der Waals surface area contributed by atoms with Crippen molar-refractivity contribution in [3.63, 3.8) is 0 Å². The Hall–Kier alpha value is -2.55. The van der Waals surface area contributed by atoms with Gasteiger partial charge in [-0.2, -0.15) is 0 Å². The number of anilines is 1. The van der Waals surface area contributed by atoms with E-state index < -0.39 is 42.8 Å². The maximum absolute atomic E-state index is 14.5. The number of likely N-dealkylation sites (tertiary alicyclic amines) is 1. The molecule has 0 bridgehead atoms. The van der Waals surface area contributed by atoms with Gasteiger partial charge in [-0.05, 0) is 37.1 Å². The number of imide groups is 1. The van der Waals surface area contributed by atoms with Crippen LogP contribution in [-0.4, -0.2) is 59.4 Å². The van der Waals surface area contributed by atoms with E-state index in [2.05, 4.69) is 10.6 Å². The van der Waals surface area contributed by atoms with Crippen molar-refractivity contribution in [1.82, 2.24) is 10.2 Å². The van der Waals surface area contributed by atoms with Crippen molar-refractivity contribution in [2.24, 2.45) is 0 Å². The smallest absolute Gasteiger partial charge is 0.317 e. The Balaban J connectivity index is 1.64. The highest BCUT2D eigenvalue weighted by molar-refractivity contribution is 6.01. The van der Waals surface area contributed by atoms with Crippen LogP contribution >= 0.6 is 0 Å². The van der Waals surface area contributed by atoms with Gasteiger partial charge in [0.1, 0.15) is 6.04 Å². The molecule has 0 radical (unpaired) electrons. The van der Waals surface area contributed by atoms with Crippen molar-refractivity contribution >= 4 is 23.5 Å². The second kappa shape index (κ2) is 7.59. The van der Waals surface area contributed by atoms with Gasteiger partial charge in [0.2, 0.25) is 11.8 Å². The van der Waals surface area contributed by atoms with Gasteiger partial charge in [0.05, 0.1) is 19.0 Å². The summed E-state index contributed by atoms with van der Waals surface area (Å²) < 4.78 is 29.0. The summed E-state index contributed by atoms with van der Waals surface area (Å²) in [4.78, 5) is 34.9. The number of aliphatic carboxylic acids is 1. The largest absolute Gasteiger partial charge is 0.480 e. The molecule has 7 nitrogen and oxygen atoms in total. The topological polar surface area (TPSA) is 98.7 Å². The van der Waals surface area contributed by atoms with Crippen LogP contribution in [0.1, 0.15) is 30.7 Å². The molecule has 2 amide bonds. The molecule has 1 aromatic rings. The van der Waals surface area contributed by atoms with Gasteiger partial charge < -0.3 is 10.4 Å². The summed E-state index contributed by atoms with van der Waals surface area (Å²) in [6.45, 7) is -0.680. The molecule has 1 aromatic carbocycles. The number of hydrogen-bond acceptors (Lipinski definition) is 5. The quantitative estimate of drug-likeness (QED) is 0.667. The third-order valence-corrected chi connectivity index (χ3v) is 4.93. The van der Waals surface area contributed by atoms with E-state index in [0.29, 0.717) is 24.2 Å². The van der Waals surface area contributed by atoms with Crippen LogP contribution in [-0.2, 0) is 14.4 Å². The summed E-state index contributed by atoms with van der Waals surface area (Å²) in [5.41, 5.74) is 1.09. The molecule has 0 aromatic heterocycles. The van der Waals surface area contributed by atoms with Gasteiger partial charge in [-0.15, -0.1) is 0 Å². The second-order valence-corrected chi connectivity index (χ2v) is 6.98. The molecule has 0 saturated carbocycles. The zero-order chi connectivity index (χ0) is 19.6. The number of nitrogens with one attached hydrogen (secondary N) is 2. The minimum atomic E-state index is -3.02. The Labute approximate surface area is 154 Å². The zero-order valence-corrected chi connectivity index (χ0v) is 14.6. The van der Waals surface area contributed by atoms with Gasteiger partial charge in [0, 0.05) is 12.1 Å². The molecule has 0 spiro atoms. The van der Waals surface area contributed by atoms with Crippen LogP contribution in [0.4, 0.5) is 14.5 Å². The number of rotatable bonds is 5. The molecule has 2 atom stereocenters. The van der Waals surface area contributed by atoms with E-state index >= 15 is 0 Å². The van der Waals surface area contributed by atoms with E-state index in [-0.39, 0.29) is 18.7 Å². The maximum atomic E-state index is 14.5. The molecular formula is C18H21F2N3O4. The average molecular weight is 381 g/mol. The number of carbonyl (C=O) groups excluding carboxylic acids is 2. The lowest BCUT2D eigenvalue weighted by Crippen LogP contribution is -2.48. The van der Waals surface area contributed by atoms with Gasteiger partial charge in [-0.3, -0.25) is 24.6 Å². The van der Waals surface area contributed by atoms with E-state index in [1.807, 2.05) is 0 Å². The van der Waals surface area contributed by atoms with E-state index in [4.69, 9.17) is 5.11 Å². The fraction of sp³-hybridized carbons (Fsp3) is 0.500. The van der Waals surface area contributed by atoms with E-state index in [1.54, 1.807) is 24.3 Å². The number of nitrogens with zero attached hydrogens (tertiary/aromatic N) is 1. The number of piperidine rings is 2. The molecule has 2 fully saturated rings. The van der Waals surface area contributed by atoms with Crippen LogP contribution in [0, 0.1) is 0 Å². The van der Waals surface area contributed by atoms with E-state index in [9.17, 15) is 23.2 Å². The molecule has 9 heteroatoms. The Morgan fingerprint density at radius 1 is 1.26 bits per heavy atom. The third kappa shape index (κ3) is 4.60. The summed E-state index contributed by atoms with van der Waals surface area (Å²) in [7, 11) is 0. The van der Waals surface area contributed by atoms with Gasteiger partial charge in [-0.25, -0.2) is 8.78 Å². The standard InChI is InChI=1S/C18H21F2N3O4/c19-18(20)10-23(9-16(25)26)8-7-13(18)11-1-3-12(4-2-11)21-14-5-6-15(24)22-17(14)27/h1-4,13-14,21H,5-10H2,(H,25,26)(H,22,24,27). The molecule has 2 aliphatic heterocycles. The lowest BCUT2D eigenvalue weighted by atomic mass is 9.86. The van der Waals surface area contributed by atoms with Gasteiger partial charge in [0.25, 0.3) is 5.92 Å². The first-order chi connectivity index (χ1) is 12.7. The van der Waals surface area contributed by atoms with Crippen molar-refractivity contribution in [2.45, 2.75) is 37.1 Å². The Morgan fingerprint density at radius 3 is 2.56 bits per heavy atom. The summed E-state index contributed by atoms with van der Waals surface area (Å²) in [6.07, 6.45) is 0.801. The molecule has 27 heavy (non-hydrogen) atoms. The van der Waals surface area contributed by atoms with Crippen LogP contribution in [0.3, 0.4) is 0 Å². The summed E-state index contributed by atoms with van der Waals surface area (Å²) in [6, 6.07) is 5.94. The van der Waals surface area contributed by atoms with Crippen LogP contribution in [0.25, 0.3) is 0 Å². The van der Waals surface area contributed by atoms with Gasteiger partial charge in [-0.1, -0.05) is 12.1 Å². The fourth-order valence-electron chi connectivity index (χ4n) is 3.59. The van der Waals surface area contributed by atoms with Crippen LogP contribution in [0.5, 0.6) is 0 Å². The second-order valence-electron chi connectivity index (χ2n) is 6.98. The minimum absolute atomic E-state index is 0.167. The predicted molar refractivity (Wildman–Crippen MR) is 92.6 cm³/mol. The average Bonchev–Trinajstić information content (AvgIpc) is 2.57. The Morgan fingerprint density at radius 2 is 1.96 bits per heavy atom. The molecule has 2 saturated heterocycles. The monoisotopic (exact) mass is 381 g/mol. The number of benzene rings is 1. The Kier molecular flexibility index (Phi) is 5.41. The predicted octanol–water partition coefficient (Wildman–Crippen LogP) is 1.41. The van der Waals surface area contributed by atoms with Crippen molar-refractivity contribution in [3.05, 3.63) is 29.8 Å². The van der Waals surface area contributed by atoms with Gasteiger partial charge in [0.15, 0.2) is 0 Å². The number of carbonyl (C=O) groups is 3. The molecule has 3 rings (SSSR count). The molecule has 146 valence electrons. The van der Waals surface area contributed by atoms with Crippen LogP contribution in [0.2, 0.25) is 0 Å². The number of carboxylic acid groups (broad SMARTS) is 1. The first kappa shape index (κ1) is 19.2. The first-order valence-corrected chi connectivity index (χ1v) is 8.77.